The number of pyridine rings is 1. The number of cyclic esters (lactones) is 1. The number of carboxylic acid groups (broad SMARTS) is 1. The predicted octanol–water partition coefficient (Wildman–Crippen LogP) is 5.25. The van der Waals surface area contributed by atoms with Gasteiger partial charge in [0.2, 0.25) is 5.43 Å². The molecule has 1 aromatic carbocycles. The second kappa shape index (κ2) is 26.0. The van der Waals surface area contributed by atoms with Crippen LogP contribution in [-0.4, -0.2) is 197 Å². The molecule has 19 nitrogen and oxygen atoms in total. The summed E-state index contributed by atoms with van der Waals surface area (Å²) in [6.07, 6.45) is -3.18. The van der Waals surface area contributed by atoms with Gasteiger partial charge in [-0.05, 0) is 126 Å². The van der Waals surface area contributed by atoms with E-state index in [9.17, 15) is 39.9 Å². The van der Waals surface area contributed by atoms with E-state index in [0.717, 1.165) is 0 Å². The number of aromatic nitrogens is 1. The summed E-state index contributed by atoms with van der Waals surface area (Å²) in [5.41, 5.74) is -3.89. The summed E-state index contributed by atoms with van der Waals surface area (Å²) in [7, 11) is 7.18. The van der Waals surface area contributed by atoms with E-state index in [4.69, 9.17) is 37.9 Å². The van der Waals surface area contributed by atoms with Crippen LogP contribution in [0.25, 0.3) is 17.0 Å². The maximum Gasteiger partial charge on any atom is 0.341 e. The van der Waals surface area contributed by atoms with Crippen LogP contribution in [0.3, 0.4) is 0 Å². The third kappa shape index (κ3) is 14.6. The minimum Gasteiger partial charge on any atom is -0.477 e. The highest BCUT2D eigenvalue weighted by Crippen LogP contribution is 2.41. The molecule has 5 N–H and O–H groups in total. The van der Waals surface area contributed by atoms with Crippen LogP contribution in [0, 0.1) is 17.8 Å². The minimum atomic E-state index is -1.84. The Morgan fingerprint density at radius 3 is 2.27 bits per heavy atom. The van der Waals surface area contributed by atoms with Crippen LogP contribution in [0.5, 0.6) is 0 Å². The van der Waals surface area contributed by atoms with E-state index >= 15 is 0 Å². The number of likely N-dealkylation sites (N-methyl/N-ethyl adjacent to an activating group) is 2. The van der Waals surface area contributed by atoms with Gasteiger partial charge >= 0.3 is 11.9 Å². The number of aromatic carboxylic acids is 1. The van der Waals surface area contributed by atoms with Crippen LogP contribution >= 0.6 is 0 Å². The Kier molecular flexibility index (Phi) is 21.7. The van der Waals surface area contributed by atoms with Gasteiger partial charge in [0.05, 0.1) is 66.9 Å². The second-order valence-corrected chi connectivity index (χ2v) is 22.9. The molecule has 3 aliphatic heterocycles. The summed E-state index contributed by atoms with van der Waals surface area (Å²) in [6, 6.07) is 4.41. The first-order valence-corrected chi connectivity index (χ1v) is 26.8. The van der Waals surface area contributed by atoms with E-state index < -0.39 is 107 Å². The van der Waals surface area contributed by atoms with Crippen molar-refractivity contribution in [3.63, 3.8) is 0 Å². The molecule has 0 bridgehead atoms. The molecule has 0 radical (unpaired) electrons. The topological polar surface area (TPSA) is 238 Å². The summed E-state index contributed by atoms with van der Waals surface area (Å²) in [4.78, 5) is 43.3. The summed E-state index contributed by atoms with van der Waals surface area (Å²) in [5, 5.41) is 58.1. The fourth-order valence-corrected chi connectivity index (χ4v) is 11.7. The molecule has 0 saturated carbocycles. The Morgan fingerprint density at radius 2 is 1.65 bits per heavy atom. The summed E-state index contributed by atoms with van der Waals surface area (Å²) >= 11 is 0. The van der Waals surface area contributed by atoms with Crippen molar-refractivity contribution < 1.29 is 73.0 Å². The standard InChI is InChI=1S/C56H91N3O16/c1-17-43-56(12,67)48(62)36(8)58(15)29-32(4)27-54(10,66)49(75-53-46(61)42(57(13)14)25-33(5)71-53)34(6)47(35(7)52(65)73-43)74-44-28-55(11,68-16)50(37(9)72-44)70-24-23-69-22-18-19-38-20-21-41-39(26-38)45(60)40(51(63)64)30-59(41)31(2)3/h18-21,26,30-37,42-44,46-50,53,61-62,66-67H,17,22-25,27-29H2,1-16H3,(H,63,64)/b19-18+/t32-,33-,34+,35-,36-,37+,42+,43-,44?,46-,47+,48+,49-,50+,53+,54-,55-,56-/m1/s1. The molecular weight excluding hydrogens is 971 g/mol. The lowest BCUT2D eigenvalue weighted by Gasteiger charge is -2.49. The highest BCUT2D eigenvalue weighted by molar-refractivity contribution is 5.93. The average molecular weight is 1060 g/mol. The van der Waals surface area contributed by atoms with E-state index in [0.29, 0.717) is 29.4 Å². The number of hydrogen-bond acceptors (Lipinski definition) is 17. The maximum atomic E-state index is 14.6. The molecule has 3 saturated heterocycles. The highest BCUT2D eigenvalue weighted by Gasteiger charge is 2.53. The van der Waals surface area contributed by atoms with Crippen molar-refractivity contribution in [1.29, 1.82) is 0 Å². The maximum absolute atomic E-state index is 14.6. The van der Waals surface area contributed by atoms with Gasteiger partial charge in [-0.1, -0.05) is 39.0 Å². The molecule has 0 spiro atoms. The van der Waals surface area contributed by atoms with Crippen LogP contribution in [-0.2, 0) is 42.7 Å². The lowest BCUT2D eigenvalue weighted by molar-refractivity contribution is -0.321. The fourth-order valence-electron chi connectivity index (χ4n) is 11.7. The molecule has 75 heavy (non-hydrogen) atoms. The van der Waals surface area contributed by atoms with Crippen molar-refractivity contribution in [3.05, 3.63) is 51.8 Å². The predicted molar refractivity (Wildman–Crippen MR) is 283 cm³/mol. The number of rotatable bonds is 16. The number of benzene rings is 1. The zero-order chi connectivity index (χ0) is 56.1. The van der Waals surface area contributed by atoms with E-state index in [1.807, 2.05) is 91.5 Å². The average Bonchev–Trinajstić information content (AvgIpc) is 3.33. The van der Waals surface area contributed by atoms with E-state index in [1.165, 1.54) is 13.1 Å². The molecule has 426 valence electrons. The normalized spacial score (nSPS) is 38.2. The molecule has 4 heterocycles. The Bertz CT molecular complexity index is 2290. The zero-order valence-electron chi connectivity index (χ0n) is 47.4. The molecule has 0 aliphatic carbocycles. The van der Waals surface area contributed by atoms with Crippen LogP contribution in [0.1, 0.15) is 131 Å². The van der Waals surface area contributed by atoms with E-state index in [-0.39, 0.29) is 68.8 Å². The molecule has 19 heteroatoms. The Balaban J connectivity index is 1.37. The number of nitrogens with zero attached hydrogens (tertiary/aromatic N) is 3. The number of carboxylic acids is 1. The Morgan fingerprint density at radius 1 is 0.973 bits per heavy atom. The van der Waals surface area contributed by atoms with Crippen LogP contribution in [0.4, 0.5) is 0 Å². The molecule has 18 atom stereocenters. The molecule has 2 aromatic rings. The summed E-state index contributed by atoms with van der Waals surface area (Å²) < 4.78 is 53.1. The zero-order valence-corrected chi connectivity index (χ0v) is 47.4. The Hall–Kier alpha value is -3.41. The van der Waals surface area contributed by atoms with Gasteiger partial charge in [-0.3, -0.25) is 9.59 Å². The number of aliphatic hydroxyl groups is 4. The first-order valence-electron chi connectivity index (χ1n) is 26.8. The molecule has 5 rings (SSSR count). The van der Waals surface area contributed by atoms with Gasteiger partial charge in [0, 0.05) is 55.7 Å². The van der Waals surface area contributed by atoms with Crippen LogP contribution in [0.15, 0.2) is 35.3 Å². The van der Waals surface area contributed by atoms with Crippen LogP contribution < -0.4 is 5.43 Å². The smallest absolute Gasteiger partial charge is 0.341 e. The largest absolute Gasteiger partial charge is 0.477 e. The van der Waals surface area contributed by atoms with Gasteiger partial charge in [-0.15, -0.1) is 0 Å². The molecule has 1 unspecified atom stereocenters. The lowest BCUT2D eigenvalue weighted by atomic mass is 9.77. The van der Waals surface area contributed by atoms with Crippen molar-refractivity contribution >= 4 is 28.9 Å². The molecular formula is C56H91N3O16. The number of ether oxygens (including phenoxy) is 8. The van der Waals surface area contributed by atoms with Gasteiger partial charge < -0.3 is 77.8 Å². The first kappa shape index (κ1) is 62.4. The molecule has 3 fully saturated rings. The monoisotopic (exact) mass is 1060 g/mol. The SMILES string of the molecule is CC[C@H]1OC(=O)[C@H](C)[C@@H](OC2C[C@@](C)(OC)[C@@H](OCCOC/C=C/c3ccc4c(c3)c(=O)c(C(=O)O)cn4C(C)C)[C@H](C)O2)[C@H](C)[C@@H](O[C@@H]2O[C@H](C)C[C@H](N(C)C)[C@H]2O)[C@](C)(O)C[C@@H](C)CN(C)[C@H](C)[C@H](O)[C@]1(C)O. The fraction of sp³-hybridized carbons (Fsp3) is 0.768. The van der Waals surface area contributed by atoms with Crippen LogP contribution in [0.2, 0.25) is 0 Å². The van der Waals surface area contributed by atoms with E-state index in [1.54, 1.807) is 57.6 Å². The first-order chi connectivity index (χ1) is 35.0. The number of hydrogen-bond donors (Lipinski definition) is 5. The third-order valence-electron chi connectivity index (χ3n) is 16.1. The highest BCUT2D eigenvalue weighted by atomic mass is 16.7. The molecule has 3 aliphatic rings. The number of esters is 1. The van der Waals surface area contributed by atoms with Gasteiger partial charge in [0.25, 0.3) is 0 Å². The van der Waals surface area contributed by atoms with Crippen molar-refractivity contribution in [3.8, 4) is 0 Å². The quantitative estimate of drug-likeness (QED) is 0.107. The van der Waals surface area contributed by atoms with Gasteiger partial charge in [0.1, 0.15) is 35.6 Å². The van der Waals surface area contributed by atoms with Crippen molar-refractivity contribution in [1.82, 2.24) is 14.4 Å². The summed E-state index contributed by atoms with van der Waals surface area (Å²) in [5.74, 6) is -4.02. The van der Waals surface area contributed by atoms with Gasteiger partial charge in [0.15, 0.2) is 12.6 Å². The molecule has 1 aromatic heterocycles. The van der Waals surface area contributed by atoms with E-state index in [2.05, 4.69) is 0 Å². The van der Waals surface area contributed by atoms with Gasteiger partial charge in [-0.25, -0.2) is 4.79 Å². The molecule has 0 amide bonds. The van der Waals surface area contributed by atoms with Crippen molar-refractivity contribution in [2.75, 3.05) is 54.6 Å². The number of fused-ring (bicyclic) bond motifs is 1. The number of carbonyl (C=O) groups excluding carboxylic acids is 1. The third-order valence-corrected chi connectivity index (χ3v) is 16.1. The van der Waals surface area contributed by atoms with Gasteiger partial charge in [-0.2, -0.15) is 0 Å². The summed E-state index contributed by atoms with van der Waals surface area (Å²) in [6.45, 7) is 22.8. The Labute approximate surface area is 444 Å². The second-order valence-electron chi connectivity index (χ2n) is 22.9. The number of methoxy groups -OCH3 is 1. The lowest BCUT2D eigenvalue weighted by Crippen LogP contribution is -2.61. The van der Waals surface area contributed by atoms with Crippen molar-refractivity contribution in [2.45, 2.75) is 205 Å². The number of aliphatic hydroxyl groups excluding tert-OH is 2. The van der Waals surface area contributed by atoms with Crippen molar-refractivity contribution in [2.24, 2.45) is 17.8 Å². The minimum absolute atomic E-state index is 0.0601. The number of carbonyl (C=O) groups is 2.